The van der Waals surface area contributed by atoms with Gasteiger partial charge in [-0.15, -0.1) is 0 Å². The van der Waals surface area contributed by atoms with Crippen LogP contribution in [-0.4, -0.2) is 46.1 Å². The number of carbonyl (C=O) groups excluding carboxylic acids is 4. The number of hydrogen-bond donors (Lipinski definition) is 1. The number of halogens is 2. The second-order valence-electron chi connectivity index (χ2n) is 6.85. The maximum atomic E-state index is 13.6. The van der Waals surface area contributed by atoms with E-state index >= 15 is 0 Å². The Balaban J connectivity index is 1.72. The van der Waals surface area contributed by atoms with Gasteiger partial charge in [-0.1, -0.05) is 19.8 Å². The van der Waals surface area contributed by atoms with Gasteiger partial charge in [0.1, 0.15) is 18.2 Å². The van der Waals surface area contributed by atoms with E-state index in [4.69, 9.17) is 0 Å². The van der Waals surface area contributed by atoms with E-state index < -0.39 is 47.6 Å². The molecular formula is C18H19F2N3O4. The molecule has 2 fully saturated rings. The van der Waals surface area contributed by atoms with E-state index in [0.29, 0.717) is 11.3 Å². The van der Waals surface area contributed by atoms with Crippen LogP contribution in [0, 0.1) is 17.6 Å². The average Bonchev–Trinajstić information content (AvgIpc) is 2.82. The lowest BCUT2D eigenvalue weighted by Crippen LogP contribution is -2.46. The van der Waals surface area contributed by atoms with Gasteiger partial charge in [-0.3, -0.25) is 19.3 Å². The molecule has 2 atom stereocenters. The Morgan fingerprint density at radius 3 is 2.56 bits per heavy atom. The molecule has 144 valence electrons. The van der Waals surface area contributed by atoms with E-state index in [-0.39, 0.29) is 12.0 Å². The third-order valence-corrected chi connectivity index (χ3v) is 4.99. The van der Waals surface area contributed by atoms with Crippen LogP contribution in [0.3, 0.4) is 0 Å². The molecule has 7 nitrogen and oxygen atoms in total. The second-order valence-corrected chi connectivity index (χ2v) is 6.85. The fourth-order valence-corrected chi connectivity index (χ4v) is 3.56. The standard InChI is InChI=1S/C18H19F2N3O4/c1-10-4-2-3-5-14(10)23-17(26)16(25)22(18(23)27)9-15(24)21-13-8-11(19)6-7-12(13)20/h6-8,10,14H,2-5,9H2,1H3,(H,21,24)/t10-,14-/m1/s1. The zero-order valence-electron chi connectivity index (χ0n) is 14.7. The largest absolute Gasteiger partial charge is 0.334 e. The summed E-state index contributed by atoms with van der Waals surface area (Å²) >= 11 is 0. The molecule has 0 unspecified atom stereocenters. The van der Waals surface area contributed by atoms with Gasteiger partial charge in [0, 0.05) is 12.1 Å². The maximum Gasteiger partial charge on any atom is 0.334 e. The van der Waals surface area contributed by atoms with Gasteiger partial charge in [-0.25, -0.2) is 18.5 Å². The number of carbonyl (C=O) groups is 4. The van der Waals surface area contributed by atoms with Gasteiger partial charge in [0.05, 0.1) is 5.69 Å². The molecule has 9 heteroatoms. The number of amides is 5. The molecule has 1 aliphatic carbocycles. The van der Waals surface area contributed by atoms with Crippen molar-refractivity contribution in [3.05, 3.63) is 29.8 Å². The topological polar surface area (TPSA) is 86.8 Å². The lowest BCUT2D eigenvalue weighted by Gasteiger charge is -2.34. The highest BCUT2D eigenvalue weighted by molar-refractivity contribution is 6.45. The van der Waals surface area contributed by atoms with Gasteiger partial charge in [0.15, 0.2) is 0 Å². The van der Waals surface area contributed by atoms with Gasteiger partial charge in [0.2, 0.25) is 5.91 Å². The number of hydrogen-bond acceptors (Lipinski definition) is 4. The molecule has 5 amide bonds. The van der Waals surface area contributed by atoms with E-state index in [0.717, 1.165) is 42.4 Å². The molecule has 0 aromatic heterocycles. The summed E-state index contributed by atoms with van der Waals surface area (Å²) in [6.07, 6.45) is 3.29. The van der Waals surface area contributed by atoms with Crippen LogP contribution < -0.4 is 5.32 Å². The lowest BCUT2D eigenvalue weighted by atomic mass is 9.85. The molecule has 1 aromatic carbocycles. The normalized spacial score (nSPS) is 23.1. The number of rotatable bonds is 4. The molecule has 1 N–H and O–H groups in total. The molecular weight excluding hydrogens is 360 g/mol. The van der Waals surface area contributed by atoms with Crippen LogP contribution in [0.5, 0.6) is 0 Å². The zero-order valence-corrected chi connectivity index (χ0v) is 14.7. The van der Waals surface area contributed by atoms with E-state index in [9.17, 15) is 28.0 Å². The minimum atomic E-state index is -1.09. The number of benzene rings is 1. The fraction of sp³-hybridized carbons (Fsp3) is 0.444. The molecule has 2 aliphatic rings. The maximum absolute atomic E-state index is 13.6. The minimum Gasteiger partial charge on any atom is -0.322 e. The molecule has 1 heterocycles. The van der Waals surface area contributed by atoms with Gasteiger partial charge in [-0.2, -0.15) is 0 Å². The van der Waals surface area contributed by atoms with Crippen molar-refractivity contribution in [3.63, 3.8) is 0 Å². The number of anilines is 1. The Bertz CT molecular complexity index is 814. The number of urea groups is 1. The van der Waals surface area contributed by atoms with Gasteiger partial charge >= 0.3 is 17.8 Å². The van der Waals surface area contributed by atoms with Crippen LogP contribution in [0.4, 0.5) is 19.3 Å². The Hall–Kier alpha value is -2.84. The van der Waals surface area contributed by atoms with Crippen LogP contribution >= 0.6 is 0 Å². The Kier molecular flexibility index (Phi) is 5.20. The molecule has 0 bridgehead atoms. The van der Waals surface area contributed by atoms with Crippen LogP contribution in [0.2, 0.25) is 0 Å². The highest BCUT2D eigenvalue weighted by Crippen LogP contribution is 2.31. The van der Waals surface area contributed by atoms with Crippen molar-refractivity contribution in [2.75, 3.05) is 11.9 Å². The summed E-state index contributed by atoms with van der Waals surface area (Å²) in [7, 11) is 0. The van der Waals surface area contributed by atoms with Crippen LogP contribution in [-0.2, 0) is 14.4 Å². The van der Waals surface area contributed by atoms with E-state index in [1.807, 2.05) is 6.92 Å². The summed E-state index contributed by atoms with van der Waals surface area (Å²) < 4.78 is 26.8. The van der Waals surface area contributed by atoms with Crippen molar-refractivity contribution in [2.45, 2.75) is 38.6 Å². The quantitative estimate of drug-likeness (QED) is 0.642. The first kappa shape index (κ1) is 18.9. The molecule has 3 rings (SSSR count). The summed E-state index contributed by atoms with van der Waals surface area (Å²) in [5, 5.41) is 2.11. The lowest BCUT2D eigenvalue weighted by molar-refractivity contribution is -0.145. The van der Waals surface area contributed by atoms with Crippen LogP contribution in [0.1, 0.15) is 32.6 Å². The number of nitrogens with zero attached hydrogens (tertiary/aromatic N) is 2. The monoisotopic (exact) mass is 379 g/mol. The van der Waals surface area contributed by atoms with E-state index in [2.05, 4.69) is 5.32 Å². The van der Waals surface area contributed by atoms with E-state index in [1.165, 1.54) is 0 Å². The fourth-order valence-electron chi connectivity index (χ4n) is 3.56. The van der Waals surface area contributed by atoms with Gasteiger partial charge < -0.3 is 5.32 Å². The van der Waals surface area contributed by atoms with Crippen molar-refractivity contribution in [1.82, 2.24) is 9.80 Å². The SMILES string of the molecule is C[C@@H]1CCCC[C@H]1N1C(=O)C(=O)N(CC(=O)Nc2cc(F)ccc2F)C1=O. The van der Waals surface area contributed by atoms with Crippen molar-refractivity contribution < 1.29 is 28.0 Å². The Morgan fingerprint density at radius 2 is 1.85 bits per heavy atom. The molecule has 1 aromatic rings. The van der Waals surface area contributed by atoms with Gasteiger partial charge in [0.25, 0.3) is 0 Å². The molecule has 0 radical (unpaired) electrons. The summed E-state index contributed by atoms with van der Waals surface area (Å²) in [6.45, 7) is 1.16. The predicted molar refractivity (Wildman–Crippen MR) is 90.4 cm³/mol. The first-order chi connectivity index (χ1) is 12.8. The minimum absolute atomic E-state index is 0.0645. The first-order valence-corrected chi connectivity index (χ1v) is 8.73. The summed E-state index contributed by atoms with van der Waals surface area (Å²) in [5.41, 5.74) is -0.414. The zero-order chi connectivity index (χ0) is 19.7. The van der Waals surface area contributed by atoms with Crippen LogP contribution in [0.25, 0.3) is 0 Å². The molecule has 0 spiro atoms. The Labute approximate surface area is 154 Å². The van der Waals surface area contributed by atoms with Crippen LogP contribution in [0.15, 0.2) is 18.2 Å². The molecule has 27 heavy (non-hydrogen) atoms. The number of imide groups is 2. The molecule has 1 aliphatic heterocycles. The number of nitrogens with one attached hydrogen (secondary N) is 1. The van der Waals surface area contributed by atoms with Crippen molar-refractivity contribution in [1.29, 1.82) is 0 Å². The summed E-state index contributed by atoms with van der Waals surface area (Å²) in [4.78, 5) is 50.6. The van der Waals surface area contributed by atoms with Crippen molar-refractivity contribution in [3.8, 4) is 0 Å². The predicted octanol–water partition coefficient (Wildman–Crippen LogP) is 2.27. The molecule has 1 saturated carbocycles. The summed E-state index contributed by atoms with van der Waals surface area (Å²) in [5.74, 6) is -4.51. The third kappa shape index (κ3) is 3.67. The first-order valence-electron chi connectivity index (χ1n) is 8.73. The van der Waals surface area contributed by atoms with Crippen molar-refractivity contribution in [2.24, 2.45) is 5.92 Å². The highest BCUT2D eigenvalue weighted by atomic mass is 19.1. The smallest absolute Gasteiger partial charge is 0.322 e. The average molecular weight is 379 g/mol. The van der Waals surface area contributed by atoms with Gasteiger partial charge in [-0.05, 0) is 30.9 Å². The van der Waals surface area contributed by atoms with Crippen molar-refractivity contribution >= 4 is 29.4 Å². The molecule has 1 saturated heterocycles. The third-order valence-electron chi connectivity index (χ3n) is 4.99. The Morgan fingerprint density at radius 1 is 1.15 bits per heavy atom. The summed E-state index contributed by atoms with van der Waals surface area (Å²) in [6, 6.07) is 1.28. The highest BCUT2D eigenvalue weighted by Gasteiger charge is 2.49. The van der Waals surface area contributed by atoms with E-state index in [1.54, 1.807) is 0 Å². The second kappa shape index (κ2) is 7.42.